The van der Waals surface area contributed by atoms with Gasteiger partial charge in [0.15, 0.2) is 0 Å². The average Bonchev–Trinajstić information content (AvgIpc) is 3.03. The molecule has 2 aliphatic heterocycles. The zero-order valence-corrected chi connectivity index (χ0v) is 10.3. The monoisotopic (exact) mass is 258 g/mol. The third kappa shape index (κ3) is 2.15. The lowest BCUT2D eigenvalue weighted by molar-refractivity contribution is -0.121. The first-order valence-electron chi connectivity index (χ1n) is 6.37. The van der Waals surface area contributed by atoms with Crippen LogP contribution >= 0.6 is 0 Å². The Kier molecular flexibility index (Phi) is 2.88. The number of hydrogen-bond donors (Lipinski definition) is 2. The van der Waals surface area contributed by atoms with E-state index in [-0.39, 0.29) is 35.5 Å². The standard InChI is InChI=1S/C14H14N2O3/c15-7-8-1-3-12(17)11(5-8)16-14(18)10-6-9-2-4-13(10)19-9/h1,3,5,9-10,13,17H,2,4,6H2,(H,16,18). The van der Waals surface area contributed by atoms with Crippen molar-refractivity contribution >= 4 is 11.6 Å². The minimum Gasteiger partial charge on any atom is -0.506 e. The number of phenols is 1. The summed E-state index contributed by atoms with van der Waals surface area (Å²) in [7, 11) is 0. The van der Waals surface area contributed by atoms with E-state index in [0.717, 1.165) is 19.3 Å². The molecule has 2 N–H and O–H groups in total. The van der Waals surface area contributed by atoms with Crippen LogP contribution < -0.4 is 5.32 Å². The van der Waals surface area contributed by atoms with Gasteiger partial charge in [-0.15, -0.1) is 0 Å². The molecule has 3 rings (SSSR count). The topological polar surface area (TPSA) is 82.4 Å². The maximum Gasteiger partial charge on any atom is 0.230 e. The highest BCUT2D eigenvalue weighted by molar-refractivity contribution is 5.94. The number of hydrogen-bond acceptors (Lipinski definition) is 4. The number of ether oxygens (including phenoxy) is 1. The van der Waals surface area contributed by atoms with Crippen LogP contribution in [0.25, 0.3) is 0 Å². The van der Waals surface area contributed by atoms with E-state index >= 15 is 0 Å². The van der Waals surface area contributed by atoms with Crippen molar-refractivity contribution in [1.29, 1.82) is 5.26 Å². The molecule has 19 heavy (non-hydrogen) atoms. The molecule has 0 aliphatic carbocycles. The van der Waals surface area contributed by atoms with Gasteiger partial charge in [-0.1, -0.05) is 0 Å². The lowest BCUT2D eigenvalue weighted by Gasteiger charge is -2.18. The second kappa shape index (κ2) is 4.56. The summed E-state index contributed by atoms with van der Waals surface area (Å²) in [5.74, 6) is -0.321. The molecule has 2 aliphatic rings. The van der Waals surface area contributed by atoms with E-state index in [0.29, 0.717) is 5.56 Å². The Bertz CT molecular complexity index is 564. The molecule has 2 saturated heterocycles. The third-order valence-electron chi connectivity index (χ3n) is 3.83. The molecule has 1 aromatic rings. The van der Waals surface area contributed by atoms with Gasteiger partial charge in [0.1, 0.15) is 5.75 Å². The van der Waals surface area contributed by atoms with Crippen LogP contribution in [0.3, 0.4) is 0 Å². The summed E-state index contributed by atoms with van der Waals surface area (Å²) in [4.78, 5) is 12.2. The summed E-state index contributed by atoms with van der Waals surface area (Å²) < 4.78 is 5.64. The van der Waals surface area contributed by atoms with Crippen LogP contribution in [0.1, 0.15) is 24.8 Å². The normalized spacial score (nSPS) is 28.1. The van der Waals surface area contributed by atoms with Crippen molar-refractivity contribution in [3.05, 3.63) is 23.8 Å². The molecule has 2 heterocycles. The van der Waals surface area contributed by atoms with Crippen LogP contribution in [0.5, 0.6) is 5.75 Å². The molecule has 2 fully saturated rings. The number of aromatic hydroxyl groups is 1. The first-order chi connectivity index (χ1) is 9.17. The molecule has 0 saturated carbocycles. The highest BCUT2D eigenvalue weighted by atomic mass is 16.5. The number of phenolic OH excluding ortho intramolecular Hbond substituents is 1. The van der Waals surface area contributed by atoms with Gasteiger partial charge in [0, 0.05) is 0 Å². The van der Waals surface area contributed by atoms with E-state index in [2.05, 4.69) is 5.32 Å². The van der Waals surface area contributed by atoms with E-state index in [1.165, 1.54) is 18.2 Å². The second-order valence-electron chi connectivity index (χ2n) is 5.05. The summed E-state index contributed by atoms with van der Waals surface area (Å²) in [6, 6.07) is 6.36. The Morgan fingerprint density at radius 3 is 2.95 bits per heavy atom. The number of amides is 1. The Labute approximate surface area is 110 Å². The van der Waals surface area contributed by atoms with E-state index in [1.54, 1.807) is 0 Å². The van der Waals surface area contributed by atoms with Crippen LogP contribution in [-0.2, 0) is 9.53 Å². The van der Waals surface area contributed by atoms with Crippen molar-refractivity contribution in [3.8, 4) is 11.8 Å². The maximum absolute atomic E-state index is 12.2. The van der Waals surface area contributed by atoms with E-state index in [1.807, 2.05) is 6.07 Å². The number of nitriles is 1. The Hall–Kier alpha value is -2.06. The summed E-state index contributed by atoms with van der Waals surface area (Å²) in [6.45, 7) is 0. The lowest BCUT2D eigenvalue weighted by atomic mass is 9.88. The zero-order valence-electron chi connectivity index (χ0n) is 10.3. The number of rotatable bonds is 2. The van der Waals surface area contributed by atoms with Gasteiger partial charge in [-0.3, -0.25) is 4.79 Å². The molecule has 3 atom stereocenters. The second-order valence-corrected chi connectivity index (χ2v) is 5.05. The minimum absolute atomic E-state index is 0.00583. The van der Waals surface area contributed by atoms with E-state index in [4.69, 9.17) is 10.00 Å². The molecule has 1 aromatic carbocycles. The van der Waals surface area contributed by atoms with Gasteiger partial charge in [0.05, 0.1) is 35.4 Å². The van der Waals surface area contributed by atoms with Gasteiger partial charge >= 0.3 is 0 Å². The van der Waals surface area contributed by atoms with Gasteiger partial charge in [-0.05, 0) is 37.5 Å². The number of anilines is 1. The Morgan fingerprint density at radius 2 is 2.32 bits per heavy atom. The summed E-state index contributed by atoms with van der Waals surface area (Å²) >= 11 is 0. The highest BCUT2D eigenvalue weighted by Crippen LogP contribution is 2.39. The molecule has 5 heteroatoms. The number of benzene rings is 1. The van der Waals surface area contributed by atoms with Crippen molar-refractivity contribution in [3.63, 3.8) is 0 Å². The number of nitrogens with one attached hydrogen (secondary N) is 1. The first-order valence-corrected chi connectivity index (χ1v) is 6.37. The fourth-order valence-electron chi connectivity index (χ4n) is 2.84. The van der Waals surface area contributed by atoms with Crippen molar-refractivity contribution in [2.75, 3.05) is 5.32 Å². The molecular weight excluding hydrogens is 244 g/mol. The van der Waals surface area contributed by atoms with Gasteiger partial charge in [0.25, 0.3) is 0 Å². The van der Waals surface area contributed by atoms with Crippen molar-refractivity contribution in [2.24, 2.45) is 5.92 Å². The molecule has 2 bridgehead atoms. The van der Waals surface area contributed by atoms with Gasteiger partial charge in [-0.2, -0.15) is 5.26 Å². The van der Waals surface area contributed by atoms with E-state index < -0.39 is 0 Å². The summed E-state index contributed by atoms with van der Waals surface area (Å²) in [5, 5.41) is 21.2. The van der Waals surface area contributed by atoms with E-state index in [9.17, 15) is 9.90 Å². The van der Waals surface area contributed by atoms with Crippen molar-refractivity contribution in [2.45, 2.75) is 31.5 Å². The third-order valence-corrected chi connectivity index (χ3v) is 3.83. The predicted molar refractivity (Wildman–Crippen MR) is 67.5 cm³/mol. The molecule has 5 nitrogen and oxygen atoms in total. The van der Waals surface area contributed by atoms with Crippen molar-refractivity contribution < 1.29 is 14.6 Å². The molecule has 0 spiro atoms. The molecular formula is C14H14N2O3. The van der Waals surface area contributed by atoms with Gasteiger partial charge < -0.3 is 15.2 Å². The van der Waals surface area contributed by atoms with Crippen LogP contribution in [0, 0.1) is 17.2 Å². The zero-order chi connectivity index (χ0) is 13.4. The fourth-order valence-corrected chi connectivity index (χ4v) is 2.84. The molecule has 0 aromatic heterocycles. The van der Waals surface area contributed by atoms with Crippen LogP contribution in [0.2, 0.25) is 0 Å². The highest BCUT2D eigenvalue weighted by Gasteiger charge is 2.44. The summed E-state index contributed by atoms with van der Waals surface area (Å²) in [6.07, 6.45) is 2.91. The number of nitrogens with zero attached hydrogens (tertiary/aromatic N) is 1. The Balaban J connectivity index is 1.75. The van der Waals surface area contributed by atoms with Gasteiger partial charge in [0.2, 0.25) is 5.91 Å². The number of fused-ring (bicyclic) bond motifs is 2. The number of carbonyl (C=O) groups is 1. The molecule has 0 radical (unpaired) electrons. The smallest absolute Gasteiger partial charge is 0.230 e. The summed E-state index contributed by atoms with van der Waals surface area (Å²) in [5.41, 5.74) is 0.684. The van der Waals surface area contributed by atoms with Crippen molar-refractivity contribution in [1.82, 2.24) is 0 Å². The Morgan fingerprint density at radius 1 is 1.47 bits per heavy atom. The minimum atomic E-state index is -0.149. The molecule has 1 amide bonds. The molecule has 3 unspecified atom stereocenters. The predicted octanol–water partition coefficient (Wildman–Crippen LogP) is 1.77. The SMILES string of the molecule is N#Cc1ccc(O)c(NC(=O)C2CC3CCC2O3)c1. The fraction of sp³-hybridized carbons (Fsp3) is 0.429. The average molecular weight is 258 g/mol. The first kappa shape index (κ1) is 12.0. The van der Waals surface area contributed by atoms with Crippen LogP contribution in [-0.4, -0.2) is 23.2 Å². The number of carbonyl (C=O) groups excluding carboxylic acids is 1. The quantitative estimate of drug-likeness (QED) is 0.792. The lowest BCUT2D eigenvalue weighted by Crippen LogP contribution is -2.30. The largest absolute Gasteiger partial charge is 0.506 e. The van der Waals surface area contributed by atoms with Gasteiger partial charge in [-0.25, -0.2) is 0 Å². The van der Waals surface area contributed by atoms with Crippen LogP contribution in [0.15, 0.2) is 18.2 Å². The maximum atomic E-state index is 12.2. The van der Waals surface area contributed by atoms with Crippen LogP contribution in [0.4, 0.5) is 5.69 Å². The molecule has 98 valence electrons.